The number of carbonyl (C=O) groups excluding carboxylic acids is 1. The van der Waals surface area contributed by atoms with Crippen LogP contribution in [0.1, 0.15) is 10.4 Å². The molecule has 12 heteroatoms. The standard InChI is InChI=1S/C17H14BrN5O5S/c18-11-3-7-12(8-4-11)21-22-15(24)10-1-5-13(6-2-10)23-29(27,28)14-9-19-17(26)20-16(14)25/h1-9,21,23H,(H,22,24)(H2,19,20,25,26). The van der Waals surface area contributed by atoms with Crippen LogP contribution in [0.2, 0.25) is 0 Å². The number of hydrazine groups is 1. The number of amides is 1. The third kappa shape index (κ3) is 5.12. The Balaban J connectivity index is 1.67. The minimum absolute atomic E-state index is 0.132. The fourth-order valence-corrected chi connectivity index (χ4v) is 3.56. The second-order valence-corrected chi connectivity index (χ2v) is 8.27. The van der Waals surface area contributed by atoms with Crippen molar-refractivity contribution in [3.63, 3.8) is 0 Å². The number of hydrogen-bond donors (Lipinski definition) is 5. The molecule has 2 aromatic carbocycles. The molecule has 0 radical (unpaired) electrons. The zero-order valence-electron chi connectivity index (χ0n) is 14.5. The monoisotopic (exact) mass is 479 g/mol. The Bertz CT molecular complexity index is 1250. The molecule has 3 aromatic rings. The number of anilines is 2. The summed E-state index contributed by atoms with van der Waals surface area (Å²) in [6.07, 6.45) is 0.805. The molecule has 0 fully saturated rings. The Kier molecular flexibility index (Phi) is 5.84. The van der Waals surface area contributed by atoms with Gasteiger partial charge in [-0.05, 0) is 48.5 Å². The quantitative estimate of drug-likeness (QED) is 0.336. The van der Waals surface area contributed by atoms with Gasteiger partial charge in [0, 0.05) is 21.9 Å². The molecule has 0 spiro atoms. The number of benzene rings is 2. The van der Waals surface area contributed by atoms with Crippen LogP contribution >= 0.6 is 15.9 Å². The van der Waals surface area contributed by atoms with Crippen LogP contribution in [-0.2, 0) is 10.0 Å². The van der Waals surface area contributed by atoms with Crippen LogP contribution in [0.5, 0.6) is 0 Å². The molecule has 0 unspecified atom stereocenters. The van der Waals surface area contributed by atoms with Crippen molar-refractivity contribution in [1.82, 2.24) is 15.4 Å². The number of sulfonamides is 1. The average Bonchev–Trinajstić information content (AvgIpc) is 2.67. The van der Waals surface area contributed by atoms with E-state index in [0.717, 1.165) is 10.7 Å². The molecule has 0 saturated carbocycles. The number of aromatic nitrogens is 2. The lowest BCUT2D eigenvalue weighted by Crippen LogP contribution is -2.29. The first-order valence-corrected chi connectivity index (χ1v) is 10.3. The first-order chi connectivity index (χ1) is 13.7. The smallest absolute Gasteiger partial charge is 0.313 e. The molecular formula is C17H14BrN5O5S. The van der Waals surface area contributed by atoms with Crippen LogP contribution in [0.25, 0.3) is 0 Å². The summed E-state index contributed by atoms with van der Waals surface area (Å²) in [5.41, 5.74) is 4.50. The number of H-pyrrole nitrogens is 2. The number of rotatable bonds is 6. The third-order valence-electron chi connectivity index (χ3n) is 3.64. The fourth-order valence-electron chi connectivity index (χ4n) is 2.23. The molecular weight excluding hydrogens is 466 g/mol. The van der Waals surface area contributed by atoms with Gasteiger partial charge in [0.05, 0.1) is 5.69 Å². The molecule has 150 valence electrons. The Hall–Kier alpha value is -3.38. The lowest BCUT2D eigenvalue weighted by atomic mass is 10.2. The topological polar surface area (TPSA) is 153 Å². The minimum Gasteiger partial charge on any atom is -0.313 e. The molecule has 0 aliphatic heterocycles. The van der Waals surface area contributed by atoms with Crippen LogP contribution in [0.4, 0.5) is 11.4 Å². The van der Waals surface area contributed by atoms with Crippen molar-refractivity contribution in [2.75, 3.05) is 10.1 Å². The second-order valence-electron chi connectivity index (χ2n) is 5.71. The van der Waals surface area contributed by atoms with E-state index in [9.17, 15) is 22.8 Å². The molecule has 0 bridgehead atoms. The molecule has 29 heavy (non-hydrogen) atoms. The summed E-state index contributed by atoms with van der Waals surface area (Å²) in [7, 11) is -4.22. The molecule has 10 nitrogen and oxygen atoms in total. The maximum Gasteiger partial charge on any atom is 0.325 e. The first-order valence-electron chi connectivity index (χ1n) is 8.01. The molecule has 0 saturated heterocycles. The van der Waals surface area contributed by atoms with Gasteiger partial charge in [0.2, 0.25) is 0 Å². The van der Waals surface area contributed by atoms with Crippen LogP contribution in [-0.4, -0.2) is 24.3 Å². The van der Waals surface area contributed by atoms with Crippen LogP contribution < -0.4 is 26.8 Å². The summed E-state index contributed by atoms with van der Waals surface area (Å²) in [5.74, 6) is -0.431. The van der Waals surface area contributed by atoms with Gasteiger partial charge in [0.15, 0.2) is 4.90 Å². The van der Waals surface area contributed by atoms with Gasteiger partial charge in [-0.15, -0.1) is 0 Å². The van der Waals surface area contributed by atoms with Gasteiger partial charge < -0.3 is 4.98 Å². The predicted molar refractivity (Wildman–Crippen MR) is 110 cm³/mol. The Morgan fingerprint density at radius 2 is 1.55 bits per heavy atom. The van der Waals surface area contributed by atoms with E-state index in [1.165, 1.54) is 24.3 Å². The van der Waals surface area contributed by atoms with Crippen molar-refractivity contribution < 1.29 is 13.2 Å². The van der Waals surface area contributed by atoms with Gasteiger partial charge in [-0.3, -0.25) is 30.1 Å². The molecule has 0 aliphatic rings. The maximum atomic E-state index is 12.3. The van der Waals surface area contributed by atoms with Crippen molar-refractivity contribution in [3.8, 4) is 0 Å². The normalized spacial score (nSPS) is 10.9. The second kappa shape index (κ2) is 8.32. The lowest BCUT2D eigenvalue weighted by Gasteiger charge is -2.10. The highest BCUT2D eigenvalue weighted by Gasteiger charge is 2.19. The van der Waals surface area contributed by atoms with Gasteiger partial charge in [-0.25, -0.2) is 13.2 Å². The SMILES string of the molecule is O=C(NNc1ccc(Br)cc1)c1ccc(NS(=O)(=O)c2c[nH]c(=O)[nH]c2=O)cc1. The van der Waals surface area contributed by atoms with E-state index in [1.54, 1.807) is 12.1 Å². The van der Waals surface area contributed by atoms with Crippen LogP contribution in [0.3, 0.4) is 0 Å². The number of carbonyl (C=O) groups is 1. The number of hydrogen-bond acceptors (Lipinski definition) is 6. The highest BCUT2D eigenvalue weighted by Crippen LogP contribution is 2.15. The largest absolute Gasteiger partial charge is 0.325 e. The van der Waals surface area contributed by atoms with Gasteiger partial charge in [0.1, 0.15) is 0 Å². The van der Waals surface area contributed by atoms with E-state index in [4.69, 9.17) is 0 Å². The zero-order chi connectivity index (χ0) is 21.0. The fraction of sp³-hybridized carbons (Fsp3) is 0. The van der Waals surface area contributed by atoms with E-state index in [2.05, 4.69) is 36.5 Å². The molecule has 0 atom stereocenters. The Labute approximate surface area is 172 Å². The maximum absolute atomic E-state index is 12.3. The number of aromatic amines is 2. The summed E-state index contributed by atoms with van der Waals surface area (Å²) in [6, 6.07) is 12.7. The molecule has 1 amide bonds. The zero-order valence-corrected chi connectivity index (χ0v) is 16.9. The summed E-state index contributed by atoms with van der Waals surface area (Å²) in [6.45, 7) is 0. The molecule has 0 aliphatic carbocycles. The van der Waals surface area contributed by atoms with Crippen LogP contribution in [0, 0.1) is 0 Å². The highest BCUT2D eigenvalue weighted by molar-refractivity contribution is 9.10. The summed E-state index contributed by atoms with van der Waals surface area (Å²) >= 11 is 3.31. The van der Waals surface area contributed by atoms with Gasteiger partial charge in [-0.2, -0.15) is 0 Å². The van der Waals surface area contributed by atoms with Crippen molar-refractivity contribution in [2.24, 2.45) is 0 Å². The van der Waals surface area contributed by atoms with Gasteiger partial charge in [0.25, 0.3) is 21.5 Å². The first kappa shape index (κ1) is 20.4. The van der Waals surface area contributed by atoms with E-state index in [0.29, 0.717) is 5.69 Å². The highest BCUT2D eigenvalue weighted by atomic mass is 79.9. The van der Waals surface area contributed by atoms with Crippen molar-refractivity contribution in [1.29, 1.82) is 0 Å². The van der Waals surface area contributed by atoms with Crippen molar-refractivity contribution in [3.05, 3.63) is 85.6 Å². The van der Waals surface area contributed by atoms with E-state index >= 15 is 0 Å². The molecule has 3 rings (SSSR count). The Morgan fingerprint density at radius 1 is 0.931 bits per heavy atom. The summed E-state index contributed by atoms with van der Waals surface area (Å²) in [5, 5.41) is 0. The average molecular weight is 480 g/mol. The van der Waals surface area contributed by atoms with Crippen molar-refractivity contribution in [2.45, 2.75) is 4.90 Å². The minimum atomic E-state index is -4.22. The van der Waals surface area contributed by atoms with Gasteiger partial charge >= 0.3 is 5.69 Å². The Morgan fingerprint density at radius 3 is 2.17 bits per heavy atom. The van der Waals surface area contributed by atoms with E-state index < -0.39 is 32.1 Å². The molecule has 1 heterocycles. The summed E-state index contributed by atoms with van der Waals surface area (Å²) < 4.78 is 27.7. The summed E-state index contributed by atoms with van der Waals surface area (Å²) in [4.78, 5) is 38.2. The van der Waals surface area contributed by atoms with E-state index in [-0.39, 0.29) is 11.3 Å². The van der Waals surface area contributed by atoms with Crippen molar-refractivity contribution >= 4 is 43.2 Å². The van der Waals surface area contributed by atoms with Gasteiger partial charge in [-0.1, -0.05) is 15.9 Å². The lowest BCUT2D eigenvalue weighted by molar-refractivity contribution is 0.0962. The van der Waals surface area contributed by atoms with Crippen LogP contribution in [0.15, 0.2) is 73.7 Å². The van der Waals surface area contributed by atoms with E-state index in [1.807, 2.05) is 17.1 Å². The number of halogens is 1. The third-order valence-corrected chi connectivity index (χ3v) is 5.55. The molecule has 5 N–H and O–H groups in total. The molecule has 1 aromatic heterocycles. The predicted octanol–water partition coefficient (Wildman–Crippen LogP) is 1.38. The number of nitrogens with one attached hydrogen (secondary N) is 5.